The monoisotopic (exact) mass is 408 g/mol. The van der Waals surface area contributed by atoms with Crippen molar-refractivity contribution in [3.05, 3.63) is 52.5 Å². The van der Waals surface area contributed by atoms with Gasteiger partial charge in [-0.25, -0.2) is 4.68 Å². The number of rotatable bonds is 5. The van der Waals surface area contributed by atoms with Crippen molar-refractivity contribution >= 4 is 35.0 Å². The highest BCUT2D eigenvalue weighted by Crippen LogP contribution is 2.30. The van der Waals surface area contributed by atoms with E-state index in [1.54, 1.807) is 36.6 Å². The van der Waals surface area contributed by atoms with Crippen LogP contribution in [0.15, 0.2) is 50.7 Å². The highest BCUT2D eigenvalue weighted by molar-refractivity contribution is 7.98. The summed E-state index contributed by atoms with van der Waals surface area (Å²) in [6.07, 6.45) is 1.54. The molecule has 1 aromatic carbocycles. The van der Waals surface area contributed by atoms with Crippen LogP contribution in [0.5, 0.6) is 0 Å². The Labute approximate surface area is 161 Å². The van der Waals surface area contributed by atoms with Crippen LogP contribution in [0.3, 0.4) is 0 Å². The number of aromatic nitrogens is 5. The molecule has 0 spiro atoms. The predicted molar refractivity (Wildman–Crippen MR) is 97.2 cm³/mol. The van der Waals surface area contributed by atoms with Crippen molar-refractivity contribution in [2.45, 2.75) is 10.9 Å². The Morgan fingerprint density at radius 1 is 1.19 bits per heavy atom. The van der Waals surface area contributed by atoms with Crippen molar-refractivity contribution in [3.8, 4) is 23.0 Å². The van der Waals surface area contributed by atoms with Crippen molar-refractivity contribution in [2.75, 3.05) is 5.84 Å². The molecule has 4 aromatic rings. The Morgan fingerprint density at radius 3 is 2.85 bits per heavy atom. The van der Waals surface area contributed by atoms with E-state index in [2.05, 4.69) is 20.3 Å². The second-order valence-corrected chi connectivity index (χ2v) is 6.86. The highest BCUT2D eigenvalue weighted by Gasteiger charge is 2.17. The molecule has 0 aliphatic carbocycles. The number of thioether (sulfide) groups is 1. The van der Waals surface area contributed by atoms with Crippen molar-refractivity contribution in [2.24, 2.45) is 0 Å². The first-order chi connectivity index (χ1) is 12.6. The second kappa shape index (κ2) is 7.02. The molecular weight excluding hydrogens is 399 g/mol. The second-order valence-electron chi connectivity index (χ2n) is 5.08. The number of hydrogen-bond acceptors (Lipinski definition) is 8. The first-order valence-electron chi connectivity index (χ1n) is 7.27. The maximum Gasteiger partial charge on any atom is 0.238 e. The van der Waals surface area contributed by atoms with E-state index < -0.39 is 0 Å². The molecule has 8 nitrogen and oxygen atoms in total. The van der Waals surface area contributed by atoms with Gasteiger partial charge < -0.3 is 14.8 Å². The van der Waals surface area contributed by atoms with E-state index in [9.17, 15) is 0 Å². The molecule has 0 bridgehead atoms. The van der Waals surface area contributed by atoms with Crippen LogP contribution >= 0.6 is 35.0 Å². The molecule has 26 heavy (non-hydrogen) atoms. The molecule has 0 saturated heterocycles. The van der Waals surface area contributed by atoms with Gasteiger partial charge in [-0.1, -0.05) is 40.1 Å². The third-order valence-electron chi connectivity index (χ3n) is 3.37. The molecule has 0 atom stereocenters. The lowest BCUT2D eigenvalue weighted by molar-refractivity contribution is 0.390. The number of hydrogen-bond donors (Lipinski definition) is 1. The van der Waals surface area contributed by atoms with E-state index in [4.69, 9.17) is 38.0 Å². The van der Waals surface area contributed by atoms with Gasteiger partial charge in [0.25, 0.3) is 0 Å². The SMILES string of the molecule is Nn1c(SCc2nc(-c3ccco3)no2)nnc1-c1ccc(Cl)cc1Cl. The fourth-order valence-corrected chi connectivity index (χ4v) is 3.36. The Bertz CT molecular complexity index is 1050. The molecule has 0 saturated carbocycles. The number of nitrogens with two attached hydrogens (primary N) is 1. The molecule has 0 fully saturated rings. The van der Waals surface area contributed by atoms with E-state index in [1.807, 2.05) is 0 Å². The lowest BCUT2D eigenvalue weighted by atomic mass is 10.2. The molecule has 0 aliphatic rings. The van der Waals surface area contributed by atoms with Gasteiger partial charge in [0.2, 0.25) is 16.9 Å². The van der Waals surface area contributed by atoms with Crippen LogP contribution in [0, 0.1) is 0 Å². The summed E-state index contributed by atoms with van der Waals surface area (Å²) in [5.41, 5.74) is 0.635. The third-order valence-corrected chi connectivity index (χ3v) is 4.85. The zero-order chi connectivity index (χ0) is 18.1. The highest BCUT2D eigenvalue weighted by atomic mass is 35.5. The fraction of sp³-hybridized carbons (Fsp3) is 0.0667. The van der Waals surface area contributed by atoms with Crippen LogP contribution in [0.1, 0.15) is 5.89 Å². The summed E-state index contributed by atoms with van der Waals surface area (Å²) in [6, 6.07) is 8.56. The van der Waals surface area contributed by atoms with Gasteiger partial charge in [0.15, 0.2) is 11.6 Å². The van der Waals surface area contributed by atoms with Gasteiger partial charge in [0.05, 0.1) is 17.0 Å². The molecule has 0 aliphatic heterocycles. The van der Waals surface area contributed by atoms with Crippen molar-refractivity contribution < 1.29 is 8.94 Å². The lowest BCUT2D eigenvalue weighted by Gasteiger charge is -2.05. The summed E-state index contributed by atoms with van der Waals surface area (Å²) in [5.74, 6) is 8.21. The van der Waals surface area contributed by atoms with E-state index in [0.717, 1.165) is 0 Å². The maximum absolute atomic E-state index is 6.20. The Balaban J connectivity index is 1.50. The van der Waals surface area contributed by atoms with E-state index in [0.29, 0.717) is 49.8 Å². The van der Waals surface area contributed by atoms with Crippen LogP contribution in [-0.4, -0.2) is 25.0 Å². The molecule has 2 N–H and O–H groups in total. The molecule has 0 unspecified atom stereocenters. The summed E-state index contributed by atoms with van der Waals surface area (Å²) in [5, 5.41) is 13.5. The zero-order valence-corrected chi connectivity index (χ0v) is 15.3. The van der Waals surface area contributed by atoms with E-state index in [-0.39, 0.29) is 0 Å². The minimum atomic E-state index is 0.372. The molecule has 132 valence electrons. The summed E-state index contributed by atoms with van der Waals surface area (Å²) in [7, 11) is 0. The first kappa shape index (κ1) is 17.0. The fourth-order valence-electron chi connectivity index (χ4n) is 2.18. The van der Waals surface area contributed by atoms with Crippen LogP contribution in [0.2, 0.25) is 10.0 Å². The van der Waals surface area contributed by atoms with Crippen molar-refractivity contribution in [1.29, 1.82) is 0 Å². The third kappa shape index (κ3) is 3.28. The smallest absolute Gasteiger partial charge is 0.238 e. The number of nitrogen functional groups attached to an aromatic ring is 1. The molecular formula is C15H10Cl2N6O2S. The number of halogens is 2. The van der Waals surface area contributed by atoms with Gasteiger partial charge in [0.1, 0.15) is 0 Å². The Kier molecular flexibility index (Phi) is 4.58. The zero-order valence-electron chi connectivity index (χ0n) is 13.0. The van der Waals surface area contributed by atoms with E-state index in [1.165, 1.54) is 16.4 Å². The molecule has 4 rings (SSSR count). The molecule has 11 heteroatoms. The lowest BCUT2D eigenvalue weighted by Crippen LogP contribution is -2.11. The predicted octanol–water partition coefficient (Wildman–Crippen LogP) is 3.90. The largest absolute Gasteiger partial charge is 0.461 e. The normalized spacial score (nSPS) is 11.2. The van der Waals surface area contributed by atoms with Gasteiger partial charge in [0, 0.05) is 10.6 Å². The molecule has 0 amide bonds. The van der Waals surface area contributed by atoms with Gasteiger partial charge in [-0.15, -0.1) is 10.2 Å². The first-order valence-corrected chi connectivity index (χ1v) is 9.01. The van der Waals surface area contributed by atoms with E-state index >= 15 is 0 Å². The standard InChI is InChI=1S/C15H10Cl2N6O2S/c16-8-3-4-9(10(17)6-8)14-20-21-15(23(14)18)26-7-12-19-13(22-25-12)11-2-1-5-24-11/h1-6H,7,18H2. The van der Waals surface area contributed by atoms with Crippen LogP contribution in [0.25, 0.3) is 23.0 Å². The molecule has 3 heterocycles. The molecule has 3 aromatic heterocycles. The van der Waals surface area contributed by atoms with Crippen molar-refractivity contribution in [1.82, 2.24) is 25.0 Å². The average Bonchev–Trinajstić information content (AvgIpc) is 3.34. The number of nitrogens with zero attached hydrogens (tertiary/aromatic N) is 5. The maximum atomic E-state index is 6.20. The Morgan fingerprint density at radius 2 is 2.08 bits per heavy atom. The summed E-state index contributed by atoms with van der Waals surface area (Å²) >= 11 is 13.4. The topological polar surface area (TPSA) is 109 Å². The summed E-state index contributed by atoms with van der Waals surface area (Å²) in [4.78, 5) is 4.26. The average molecular weight is 409 g/mol. The van der Waals surface area contributed by atoms with Gasteiger partial charge in [-0.3, -0.25) is 0 Å². The minimum Gasteiger partial charge on any atom is -0.461 e. The van der Waals surface area contributed by atoms with Crippen molar-refractivity contribution in [3.63, 3.8) is 0 Å². The number of benzene rings is 1. The minimum absolute atomic E-state index is 0.372. The molecule has 0 radical (unpaired) electrons. The summed E-state index contributed by atoms with van der Waals surface area (Å²) in [6.45, 7) is 0. The van der Waals surface area contributed by atoms with Crippen LogP contribution in [-0.2, 0) is 5.75 Å². The number of furan rings is 1. The van der Waals surface area contributed by atoms with Crippen LogP contribution in [0.4, 0.5) is 0 Å². The Hall–Kier alpha value is -2.49. The van der Waals surface area contributed by atoms with Gasteiger partial charge >= 0.3 is 0 Å². The van der Waals surface area contributed by atoms with Gasteiger partial charge in [-0.05, 0) is 30.3 Å². The van der Waals surface area contributed by atoms with Crippen LogP contribution < -0.4 is 5.84 Å². The quantitative estimate of drug-likeness (QED) is 0.391. The summed E-state index contributed by atoms with van der Waals surface area (Å²) < 4.78 is 11.8. The van der Waals surface area contributed by atoms with Gasteiger partial charge in [-0.2, -0.15) is 4.98 Å².